The van der Waals surface area contributed by atoms with Crippen molar-refractivity contribution in [2.75, 3.05) is 19.0 Å². The fourth-order valence-corrected chi connectivity index (χ4v) is 2.45. The molecule has 1 aliphatic rings. The highest BCUT2D eigenvalue weighted by atomic mass is 16.5. The number of benzene rings is 2. The van der Waals surface area contributed by atoms with E-state index in [9.17, 15) is 14.4 Å². The number of nitrogens with zero attached hydrogens (tertiary/aromatic N) is 1. The Bertz CT molecular complexity index is 956. The molecule has 9 nitrogen and oxygen atoms in total. The monoisotopic (exact) mass is 410 g/mol. The first-order valence-corrected chi connectivity index (χ1v) is 9.35. The lowest BCUT2D eigenvalue weighted by atomic mass is 10.2. The SMILES string of the molecule is COc1cccc(NC(=O)COc2ccccc2/C=N\NC(=O)C(=O)NC2CC2)c1. The Morgan fingerprint density at radius 2 is 1.90 bits per heavy atom. The van der Waals surface area contributed by atoms with Gasteiger partial charge in [-0.3, -0.25) is 14.4 Å². The van der Waals surface area contributed by atoms with E-state index in [1.807, 2.05) is 0 Å². The normalized spacial score (nSPS) is 12.8. The van der Waals surface area contributed by atoms with Gasteiger partial charge in [0.15, 0.2) is 6.61 Å². The third-order valence-electron chi connectivity index (χ3n) is 4.12. The van der Waals surface area contributed by atoms with Gasteiger partial charge in [-0.15, -0.1) is 0 Å². The molecular formula is C21H22N4O5. The smallest absolute Gasteiger partial charge is 0.329 e. The molecule has 0 heterocycles. The van der Waals surface area contributed by atoms with Crippen LogP contribution in [0.2, 0.25) is 0 Å². The molecule has 0 saturated heterocycles. The minimum atomic E-state index is -0.839. The van der Waals surface area contributed by atoms with Gasteiger partial charge in [-0.05, 0) is 37.1 Å². The molecule has 30 heavy (non-hydrogen) atoms. The molecule has 1 fully saturated rings. The number of carbonyl (C=O) groups excluding carboxylic acids is 3. The fraction of sp³-hybridized carbons (Fsp3) is 0.238. The lowest BCUT2D eigenvalue weighted by Gasteiger charge is -2.10. The minimum absolute atomic E-state index is 0.0875. The number of ether oxygens (including phenoxy) is 2. The first-order chi connectivity index (χ1) is 14.5. The number of rotatable bonds is 8. The average Bonchev–Trinajstić information content (AvgIpc) is 3.57. The van der Waals surface area contributed by atoms with E-state index in [-0.39, 0.29) is 18.6 Å². The van der Waals surface area contributed by atoms with E-state index in [1.165, 1.54) is 6.21 Å². The number of para-hydroxylation sites is 1. The summed E-state index contributed by atoms with van der Waals surface area (Å²) in [7, 11) is 1.55. The number of hydrogen-bond acceptors (Lipinski definition) is 6. The second-order valence-electron chi connectivity index (χ2n) is 6.55. The van der Waals surface area contributed by atoms with E-state index < -0.39 is 11.8 Å². The number of nitrogens with one attached hydrogen (secondary N) is 3. The Balaban J connectivity index is 1.52. The van der Waals surface area contributed by atoms with Crippen LogP contribution in [0.5, 0.6) is 11.5 Å². The highest BCUT2D eigenvalue weighted by Gasteiger charge is 2.26. The summed E-state index contributed by atoms with van der Waals surface area (Å²) in [6.07, 6.45) is 3.12. The molecule has 0 aromatic heterocycles. The van der Waals surface area contributed by atoms with Crippen LogP contribution in [0.15, 0.2) is 53.6 Å². The van der Waals surface area contributed by atoms with Gasteiger partial charge >= 0.3 is 11.8 Å². The highest BCUT2D eigenvalue weighted by Crippen LogP contribution is 2.19. The molecule has 3 amide bonds. The molecule has 0 bridgehead atoms. The standard InChI is InChI=1S/C21H22N4O5/c1-29-17-7-4-6-16(11-17)23-19(26)13-30-18-8-3-2-5-14(18)12-22-25-21(28)20(27)24-15-9-10-15/h2-8,11-12,15H,9-10,13H2,1H3,(H,23,26)(H,24,27)(H,25,28)/b22-12-. The van der Waals surface area contributed by atoms with Gasteiger partial charge in [-0.25, -0.2) is 5.43 Å². The van der Waals surface area contributed by atoms with Crippen LogP contribution in [0.4, 0.5) is 5.69 Å². The van der Waals surface area contributed by atoms with Crippen molar-refractivity contribution in [3.8, 4) is 11.5 Å². The summed E-state index contributed by atoms with van der Waals surface area (Å²) in [5.74, 6) is -0.871. The third-order valence-corrected chi connectivity index (χ3v) is 4.12. The van der Waals surface area contributed by atoms with Crippen LogP contribution in [-0.4, -0.2) is 43.7 Å². The maximum absolute atomic E-state index is 12.2. The third kappa shape index (κ3) is 6.33. The number of amides is 3. The summed E-state index contributed by atoms with van der Waals surface area (Å²) in [4.78, 5) is 35.4. The molecule has 3 rings (SSSR count). The van der Waals surface area contributed by atoms with E-state index in [4.69, 9.17) is 9.47 Å². The summed E-state index contributed by atoms with van der Waals surface area (Å²) in [5, 5.41) is 9.08. The van der Waals surface area contributed by atoms with E-state index in [0.717, 1.165) is 12.8 Å². The summed E-state index contributed by atoms with van der Waals surface area (Å²) in [5.41, 5.74) is 3.30. The van der Waals surface area contributed by atoms with Gasteiger partial charge in [-0.2, -0.15) is 5.10 Å². The maximum atomic E-state index is 12.2. The molecule has 3 N–H and O–H groups in total. The lowest BCUT2D eigenvalue weighted by Crippen LogP contribution is -2.38. The minimum Gasteiger partial charge on any atom is -0.497 e. The molecule has 2 aromatic rings. The molecule has 9 heteroatoms. The molecular weight excluding hydrogens is 388 g/mol. The quantitative estimate of drug-likeness (QED) is 0.346. The fourth-order valence-electron chi connectivity index (χ4n) is 2.45. The second kappa shape index (κ2) is 10.1. The van der Waals surface area contributed by atoms with Gasteiger partial charge in [0, 0.05) is 23.4 Å². The van der Waals surface area contributed by atoms with Crippen molar-refractivity contribution >= 4 is 29.6 Å². The zero-order valence-electron chi connectivity index (χ0n) is 16.4. The number of hydrazone groups is 1. The number of methoxy groups -OCH3 is 1. The zero-order valence-corrected chi connectivity index (χ0v) is 16.4. The Morgan fingerprint density at radius 3 is 2.67 bits per heavy atom. The molecule has 2 aromatic carbocycles. The van der Waals surface area contributed by atoms with Crippen molar-refractivity contribution in [2.24, 2.45) is 5.10 Å². The van der Waals surface area contributed by atoms with Crippen molar-refractivity contribution in [3.63, 3.8) is 0 Å². The van der Waals surface area contributed by atoms with Gasteiger partial charge < -0.3 is 20.1 Å². The van der Waals surface area contributed by atoms with Crippen LogP contribution in [0.25, 0.3) is 0 Å². The molecule has 156 valence electrons. The molecule has 1 saturated carbocycles. The van der Waals surface area contributed by atoms with E-state index in [2.05, 4.69) is 21.2 Å². The number of anilines is 1. The van der Waals surface area contributed by atoms with Crippen molar-refractivity contribution in [1.82, 2.24) is 10.7 Å². The van der Waals surface area contributed by atoms with Crippen LogP contribution in [0.3, 0.4) is 0 Å². The van der Waals surface area contributed by atoms with Gasteiger partial charge in [0.1, 0.15) is 11.5 Å². The zero-order chi connectivity index (χ0) is 21.3. The molecule has 0 aliphatic heterocycles. The topological polar surface area (TPSA) is 118 Å². The lowest BCUT2D eigenvalue weighted by molar-refractivity contribution is -0.139. The molecule has 0 spiro atoms. The van der Waals surface area contributed by atoms with E-state index >= 15 is 0 Å². The van der Waals surface area contributed by atoms with Crippen molar-refractivity contribution in [3.05, 3.63) is 54.1 Å². The van der Waals surface area contributed by atoms with E-state index in [1.54, 1.807) is 55.6 Å². The summed E-state index contributed by atoms with van der Waals surface area (Å²) in [6, 6.07) is 13.9. The van der Waals surface area contributed by atoms with Gasteiger partial charge in [0.05, 0.1) is 13.3 Å². The van der Waals surface area contributed by atoms with Crippen LogP contribution >= 0.6 is 0 Å². The Hall–Kier alpha value is -3.88. The molecule has 0 radical (unpaired) electrons. The summed E-state index contributed by atoms with van der Waals surface area (Å²) in [6.45, 7) is -0.224. The molecule has 0 unspecified atom stereocenters. The van der Waals surface area contributed by atoms with Gasteiger partial charge in [-0.1, -0.05) is 18.2 Å². The van der Waals surface area contributed by atoms with Crippen molar-refractivity contribution in [2.45, 2.75) is 18.9 Å². The van der Waals surface area contributed by atoms with Gasteiger partial charge in [0.25, 0.3) is 5.91 Å². The maximum Gasteiger partial charge on any atom is 0.329 e. The first-order valence-electron chi connectivity index (χ1n) is 9.35. The van der Waals surface area contributed by atoms with Crippen molar-refractivity contribution < 1.29 is 23.9 Å². The largest absolute Gasteiger partial charge is 0.497 e. The number of hydrogen-bond donors (Lipinski definition) is 3. The average molecular weight is 410 g/mol. The van der Waals surface area contributed by atoms with Gasteiger partial charge in [0.2, 0.25) is 0 Å². The van der Waals surface area contributed by atoms with Crippen LogP contribution in [0, 0.1) is 0 Å². The van der Waals surface area contributed by atoms with Crippen LogP contribution in [-0.2, 0) is 14.4 Å². The first kappa shape index (κ1) is 20.8. The summed E-state index contributed by atoms with van der Waals surface area (Å²) >= 11 is 0. The van der Waals surface area contributed by atoms with E-state index in [0.29, 0.717) is 22.7 Å². The number of carbonyl (C=O) groups is 3. The Kier molecular flexibility index (Phi) is 6.99. The van der Waals surface area contributed by atoms with Crippen LogP contribution < -0.4 is 25.5 Å². The Labute approximate surface area is 173 Å². The predicted molar refractivity (Wildman–Crippen MR) is 110 cm³/mol. The molecule has 1 aliphatic carbocycles. The Morgan fingerprint density at radius 1 is 1.10 bits per heavy atom. The van der Waals surface area contributed by atoms with Crippen LogP contribution in [0.1, 0.15) is 18.4 Å². The predicted octanol–water partition coefficient (Wildman–Crippen LogP) is 1.44. The molecule has 0 atom stereocenters. The van der Waals surface area contributed by atoms with Crippen molar-refractivity contribution in [1.29, 1.82) is 0 Å². The summed E-state index contributed by atoms with van der Waals surface area (Å²) < 4.78 is 10.7. The highest BCUT2D eigenvalue weighted by molar-refractivity contribution is 6.35. The second-order valence-corrected chi connectivity index (χ2v) is 6.55.